The van der Waals surface area contributed by atoms with Gasteiger partial charge in [-0.25, -0.2) is 8.78 Å². The molecule has 0 fully saturated rings. The van der Waals surface area contributed by atoms with Crippen LogP contribution < -0.4 is 10.6 Å². The van der Waals surface area contributed by atoms with Gasteiger partial charge in [0.2, 0.25) is 0 Å². The van der Waals surface area contributed by atoms with Crippen LogP contribution in [0.4, 0.5) is 20.2 Å². The number of anilines is 2. The van der Waals surface area contributed by atoms with Crippen LogP contribution in [0.2, 0.25) is 0 Å². The third kappa shape index (κ3) is 2.16. The maximum atomic E-state index is 14.3. The largest absolute Gasteiger partial charge is 0.338 e. The van der Waals surface area contributed by atoms with Crippen molar-refractivity contribution < 1.29 is 8.78 Å². The van der Waals surface area contributed by atoms with E-state index in [1.807, 2.05) is 17.9 Å². The summed E-state index contributed by atoms with van der Waals surface area (Å²) < 4.78 is 27.7. The molecule has 1 aliphatic heterocycles. The summed E-state index contributed by atoms with van der Waals surface area (Å²) in [6, 6.07) is 9.45. The van der Waals surface area contributed by atoms with Gasteiger partial charge in [0.15, 0.2) is 0 Å². The van der Waals surface area contributed by atoms with Gasteiger partial charge in [0.25, 0.3) is 0 Å². The Hall–Kier alpha value is -1.94. The molecule has 4 heteroatoms. The number of nitrogens with two attached hydrogens (primary N) is 1. The highest BCUT2D eigenvalue weighted by molar-refractivity contribution is 5.70. The second-order valence-electron chi connectivity index (χ2n) is 5.17. The molecule has 20 heavy (non-hydrogen) atoms. The van der Waals surface area contributed by atoms with E-state index in [0.29, 0.717) is 12.2 Å². The number of hydrogen-bond acceptors (Lipinski definition) is 2. The number of fused-ring (bicyclic) bond motifs is 1. The molecule has 1 aliphatic rings. The molecule has 0 saturated carbocycles. The van der Waals surface area contributed by atoms with Gasteiger partial charge >= 0.3 is 0 Å². The quantitative estimate of drug-likeness (QED) is 0.905. The average Bonchev–Trinajstić information content (AvgIpc) is 2.81. The predicted molar refractivity (Wildman–Crippen MR) is 76.1 cm³/mol. The van der Waals surface area contributed by atoms with E-state index in [2.05, 4.69) is 0 Å². The van der Waals surface area contributed by atoms with Crippen LogP contribution in [0.25, 0.3) is 0 Å². The Labute approximate surface area is 116 Å². The van der Waals surface area contributed by atoms with Gasteiger partial charge in [0, 0.05) is 18.3 Å². The van der Waals surface area contributed by atoms with E-state index in [1.54, 1.807) is 12.1 Å². The van der Waals surface area contributed by atoms with Crippen molar-refractivity contribution in [2.24, 2.45) is 5.73 Å². The smallest absolute Gasteiger partial charge is 0.147 e. The van der Waals surface area contributed by atoms with Gasteiger partial charge in [0.1, 0.15) is 11.6 Å². The summed E-state index contributed by atoms with van der Waals surface area (Å²) in [6.45, 7) is 2.47. The van der Waals surface area contributed by atoms with E-state index in [4.69, 9.17) is 5.73 Å². The first kappa shape index (κ1) is 13.1. The topological polar surface area (TPSA) is 29.3 Å². The third-order valence-corrected chi connectivity index (χ3v) is 3.73. The lowest BCUT2D eigenvalue weighted by atomic mass is 10.1. The monoisotopic (exact) mass is 274 g/mol. The predicted octanol–water partition coefficient (Wildman–Crippen LogP) is 3.68. The average molecular weight is 274 g/mol. The zero-order valence-electron chi connectivity index (χ0n) is 11.2. The van der Waals surface area contributed by atoms with Crippen molar-refractivity contribution in [3.63, 3.8) is 0 Å². The summed E-state index contributed by atoms with van der Waals surface area (Å²) in [4.78, 5) is 1.82. The second-order valence-corrected chi connectivity index (χ2v) is 5.17. The van der Waals surface area contributed by atoms with Gasteiger partial charge in [-0.1, -0.05) is 12.1 Å². The van der Waals surface area contributed by atoms with E-state index < -0.39 is 0 Å². The summed E-state index contributed by atoms with van der Waals surface area (Å²) >= 11 is 0. The Morgan fingerprint density at radius 2 is 1.90 bits per heavy atom. The van der Waals surface area contributed by atoms with Gasteiger partial charge < -0.3 is 10.6 Å². The molecule has 0 unspecified atom stereocenters. The molecule has 1 heterocycles. The van der Waals surface area contributed by atoms with Crippen molar-refractivity contribution in [2.45, 2.75) is 19.4 Å². The second kappa shape index (κ2) is 4.87. The molecule has 104 valence electrons. The zero-order valence-corrected chi connectivity index (χ0v) is 11.2. The highest BCUT2D eigenvalue weighted by Gasteiger charge is 2.23. The molecule has 2 aromatic carbocycles. The first-order valence-electron chi connectivity index (χ1n) is 6.67. The first-order valence-corrected chi connectivity index (χ1v) is 6.67. The van der Waals surface area contributed by atoms with E-state index in [1.165, 1.54) is 18.2 Å². The number of benzene rings is 2. The van der Waals surface area contributed by atoms with Crippen molar-refractivity contribution in [1.82, 2.24) is 0 Å². The van der Waals surface area contributed by atoms with Crippen LogP contribution in [0, 0.1) is 11.6 Å². The Morgan fingerprint density at radius 3 is 2.60 bits per heavy atom. The number of halogens is 2. The molecule has 2 aromatic rings. The molecule has 0 spiro atoms. The maximum Gasteiger partial charge on any atom is 0.147 e. The molecule has 0 saturated heterocycles. The minimum Gasteiger partial charge on any atom is -0.338 e. The molecule has 0 aromatic heterocycles. The molecule has 0 radical (unpaired) electrons. The van der Waals surface area contributed by atoms with E-state index in [0.717, 1.165) is 23.2 Å². The van der Waals surface area contributed by atoms with Crippen molar-refractivity contribution in [3.8, 4) is 0 Å². The van der Waals surface area contributed by atoms with Gasteiger partial charge in [-0.3, -0.25) is 0 Å². The van der Waals surface area contributed by atoms with Crippen molar-refractivity contribution in [2.75, 3.05) is 11.4 Å². The summed E-state index contributed by atoms with van der Waals surface area (Å²) in [5.41, 5.74) is 8.77. The van der Waals surface area contributed by atoms with E-state index in [9.17, 15) is 8.78 Å². The minimum absolute atomic E-state index is 0.207. The molecule has 2 nitrogen and oxygen atoms in total. The Kier molecular flexibility index (Phi) is 3.18. The number of rotatable bonds is 2. The molecule has 1 atom stereocenters. The van der Waals surface area contributed by atoms with Crippen molar-refractivity contribution >= 4 is 11.4 Å². The van der Waals surface area contributed by atoms with Crippen LogP contribution in [-0.4, -0.2) is 6.54 Å². The molecule has 2 N–H and O–H groups in total. The van der Waals surface area contributed by atoms with Crippen LogP contribution in [0.5, 0.6) is 0 Å². The number of nitrogens with zero attached hydrogens (tertiary/aromatic N) is 1. The lowest BCUT2D eigenvalue weighted by molar-refractivity contribution is 0.619. The highest BCUT2D eigenvalue weighted by atomic mass is 19.1. The Balaban J connectivity index is 2.02. The normalized spacial score (nSPS) is 15.3. The molecule has 0 aliphatic carbocycles. The summed E-state index contributed by atoms with van der Waals surface area (Å²) in [6.07, 6.45) is 0.796. The molecular formula is C16H16F2N2. The minimum atomic E-state index is -0.322. The summed E-state index contributed by atoms with van der Waals surface area (Å²) in [5, 5.41) is 0. The van der Waals surface area contributed by atoms with Gasteiger partial charge in [-0.2, -0.15) is 0 Å². The first-order chi connectivity index (χ1) is 9.56. The van der Waals surface area contributed by atoms with E-state index >= 15 is 0 Å². The molecule has 0 bridgehead atoms. The number of hydrogen-bond donors (Lipinski definition) is 1. The molecule has 3 rings (SSSR count). The summed E-state index contributed by atoms with van der Waals surface area (Å²) in [5.74, 6) is -0.625. The third-order valence-electron chi connectivity index (χ3n) is 3.73. The van der Waals surface area contributed by atoms with Crippen LogP contribution >= 0.6 is 0 Å². The fourth-order valence-electron chi connectivity index (χ4n) is 2.63. The van der Waals surface area contributed by atoms with Crippen LogP contribution in [0.1, 0.15) is 24.1 Å². The van der Waals surface area contributed by atoms with Crippen molar-refractivity contribution in [1.29, 1.82) is 0 Å². The zero-order chi connectivity index (χ0) is 14.3. The molecular weight excluding hydrogens is 258 g/mol. The van der Waals surface area contributed by atoms with Crippen LogP contribution in [0.3, 0.4) is 0 Å². The summed E-state index contributed by atoms with van der Waals surface area (Å²) in [7, 11) is 0. The van der Waals surface area contributed by atoms with Crippen LogP contribution in [0.15, 0.2) is 36.4 Å². The van der Waals surface area contributed by atoms with Gasteiger partial charge in [0.05, 0.1) is 5.69 Å². The maximum absolute atomic E-state index is 14.3. The fraction of sp³-hybridized carbons (Fsp3) is 0.250. The SMILES string of the molecule is C[C@H](N)c1ccc(N2CCc3ccc(F)cc32)c(F)c1. The lowest BCUT2D eigenvalue weighted by Gasteiger charge is -2.21. The fourth-order valence-corrected chi connectivity index (χ4v) is 2.63. The molecule has 0 amide bonds. The van der Waals surface area contributed by atoms with Gasteiger partial charge in [-0.15, -0.1) is 0 Å². The van der Waals surface area contributed by atoms with Crippen LogP contribution in [-0.2, 0) is 6.42 Å². The standard InChI is InChI=1S/C16H16F2N2/c1-10(19)12-3-5-15(14(18)8-12)20-7-6-11-2-4-13(17)9-16(11)20/h2-5,8-10H,6-7,19H2,1H3/t10-/m0/s1. The van der Waals surface area contributed by atoms with Crippen molar-refractivity contribution in [3.05, 3.63) is 59.2 Å². The van der Waals surface area contributed by atoms with E-state index in [-0.39, 0.29) is 17.7 Å². The Morgan fingerprint density at radius 1 is 1.10 bits per heavy atom. The lowest BCUT2D eigenvalue weighted by Crippen LogP contribution is -2.15. The Bertz CT molecular complexity index is 653. The highest BCUT2D eigenvalue weighted by Crippen LogP contribution is 2.36. The van der Waals surface area contributed by atoms with Gasteiger partial charge in [-0.05, 0) is 48.7 Å².